The number of nitrogens with two attached hydrogens (primary N) is 1. The van der Waals surface area contributed by atoms with Crippen LogP contribution in [0.5, 0.6) is 11.5 Å². The molecule has 1 unspecified atom stereocenters. The summed E-state index contributed by atoms with van der Waals surface area (Å²) in [5.74, 6) is 1.20. The Kier molecular flexibility index (Phi) is 4.84. The summed E-state index contributed by atoms with van der Waals surface area (Å²) in [6, 6.07) is 2.91. The van der Waals surface area contributed by atoms with E-state index in [4.69, 9.17) is 15.2 Å². The maximum absolute atomic E-state index is 11.3. The second-order valence-corrected chi connectivity index (χ2v) is 4.39. The molecule has 0 aliphatic rings. The molecule has 0 radical (unpaired) electrons. The molecule has 0 spiro atoms. The van der Waals surface area contributed by atoms with E-state index < -0.39 is 6.04 Å². The number of benzene rings is 1. The Balaban J connectivity index is 3.33. The summed E-state index contributed by atoms with van der Waals surface area (Å²) in [7, 11) is 3.15. The topological polar surface area (TPSA) is 61.5 Å². The molecule has 0 saturated carbocycles. The lowest BCUT2D eigenvalue weighted by Crippen LogP contribution is -2.19. The van der Waals surface area contributed by atoms with Gasteiger partial charge in [0.25, 0.3) is 0 Å². The molecule has 0 bridgehead atoms. The molecule has 1 aromatic carbocycles. The van der Waals surface area contributed by atoms with E-state index >= 15 is 0 Å². The van der Waals surface area contributed by atoms with Crippen molar-refractivity contribution in [1.82, 2.24) is 0 Å². The molecule has 1 rings (SSSR count). The molecule has 0 aromatic heterocycles. The lowest BCUT2D eigenvalue weighted by Gasteiger charge is -2.16. The predicted molar refractivity (Wildman–Crippen MR) is 68.9 cm³/mol. The molecular formula is C12H17NO3S. The van der Waals surface area contributed by atoms with Crippen LogP contribution in [-0.2, 0) is 4.79 Å². The SMILES string of the molecule is COc1cc(C(N)C(C)=O)c(OC)cc1SC. The minimum absolute atomic E-state index is 0.109. The van der Waals surface area contributed by atoms with Crippen molar-refractivity contribution in [2.75, 3.05) is 20.5 Å². The summed E-state index contributed by atoms with van der Waals surface area (Å²) in [5, 5.41) is 0. The second kappa shape index (κ2) is 5.93. The molecule has 2 N–H and O–H groups in total. The van der Waals surface area contributed by atoms with Crippen LogP contribution < -0.4 is 15.2 Å². The molecule has 5 heteroatoms. The minimum atomic E-state index is -0.685. The molecule has 94 valence electrons. The fraction of sp³-hybridized carbons (Fsp3) is 0.417. The van der Waals surface area contributed by atoms with E-state index in [0.717, 1.165) is 4.90 Å². The average Bonchev–Trinajstić information content (AvgIpc) is 2.35. The summed E-state index contributed by atoms with van der Waals surface area (Å²) in [4.78, 5) is 12.3. The number of rotatable bonds is 5. The third kappa shape index (κ3) is 2.92. The first-order chi connectivity index (χ1) is 8.04. The monoisotopic (exact) mass is 255 g/mol. The van der Waals surface area contributed by atoms with Crippen molar-refractivity contribution >= 4 is 17.5 Å². The van der Waals surface area contributed by atoms with Gasteiger partial charge in [0.1, 0.15) is 11.5 Å². The quantitative estimate of drug-likeness (QED) is 0.816. The number of carbonyl (C=O) groups excluding carboxylic acids is 1. The lowest BCUT2D eigenvalue weighted by atomic mass is 10.0. The van der Waals surface area contributed by atoms with Crippen molar-refractivity contribution in [3.63, 3.8) is 0 Å². The minimum Gasteiger partial charge on any atom is -0.496 e. The van der Waals surface area contributed by atoms with Crippen LogP contribution in [0.1, 0.15) is 18.5 Å². The number of thioether (sulfide) groups is 1. The molecule has 17 heavy (non-hydrogen) atoms. The number of hydrogen-bond acceptors (Lipinski definition) is 5. The summed E-state index contributed by atoms with van der Waals surface area (Å²) < 4.78 is 10.5. The van der Waals surface area contributed by atoms with Gasteiger partial charge in [0, 0.05) is 5.56 Å². The van der Waals surface area contributed by atoms with Gasteiger partial charge in [0.2, 0.25) is 0 Å². The van der Waals surface area contributed by atoms with Gasteiger partial charge in [-0.3, -0.25) is 4.79 Å². The van der Waals surface area contributed by atoms with Crippen LogP contribution in [0.15, 0.2) is 17.0 Å². The van der Waals surface area contributed by atoms with Crippen molar-refractivity contribution in [2.24, 2.45) is 5.73 Å². The molecule has 1 atom stereocenters. The van der Waals surface area contributed by atoms with Gasteiger partial charge in [-0.05, 0) is 25.3 Å². The van der Waals surface area contributed by atoms with Crippen LogP contribution in [0.25, 0.3) is 0 Å². The molecule has 4 nitrogen and oxygen atoms in total. The van der Waals surface area contributed by atoms with E-state index in [1.165, 1.54) is 6.92 Å². The van der Waals surface area contributed by atoms with Crippen molar-refractivity contribution < 1.29 is 14.3 Å². The average molecular weight is 255 g/mol. The van der Waals surface area contributed by atoms with Gasteiger partial charge >= 0.3 is 0 Å². The Hall–Kier alpha value is -1.20. The zero-order valence-electron chi connectivity index (χ0n) is 10.4. The van der Waals surface area contributed by atoms with Gasteiger partial charge in [-0.1, -0.05) is 0 Å². The van der Waals surface area contributed by atoms with E-state index in [1.54, 1.807) is 32.0 Å². The van der Waals surface area contributed by atoms with Gasteiger partial charge in [0.15, 0.2) is 5.78 Å². The Morgan fingerprint density at radius 3 is 2.29 bits per heavy atom. The highest BCUT2D eigenvalue weighted by Crippen LogP contribution is 2.36. The molecule has 0 aliphatic heterocycles. The number of hydrogen-bond donors (Lipinski definition) is 1. The molecule has 0 fully saturated rings. The first-order valence-electron chi connectivity index (χ1n) is 5.11. The van der Waals surface area contributed by atoms with Crippen molar-refractivity contribution in [1.29, 1.82) is 0 Å². The Morgan fingerprint density at radius 2 is 1.88 bits per heavy atom. The van der Waals surface area contributed by atoms with Crippen molar-refractivity contribution in [3.8, 4) is 11.5 Å². The highest BCUT2D eigenvalue weighted by atomic mass is 32.2. The third-order valence-electron chi connectivity index (χ3n) is 2.51. The summed E-state index contributed by atoms with van der Waals surface area (Å²) in [5.41, 5.74) is 6.49. The van der Waals surface area contributed by atoms with Crippen LogP contribution in [0, 0.1) is 0 Å². The van der Waals surface area contributed by atoms with Gasteiger partial charge in [-0.25, -0.2) is 0 Å². The Bertz CT molecular complexity index is 420. The Morgan fingerprint density at radius 1 is 1.29 bits per heavy atom. The van der Waals surface area contributed by atoms with Crippen LogP contribution in [0.4, 0.5) is 0 Å². The predicted octanol–water partition coefficient (Wildman–Crippen LogP) is 2.01. The van der Waals surface area contributed by atoms with Gasteiger partial charge in [-0.15, -0.1) is 11.8 Å². The maximum atomic E-state index is 11.3. The second-order valence-electron chi connectivity index (χ2n) is 3.54. The fourth-order valence-electron chi connectivity index (χ4n) is 1.51. The highest BCUT2D eigenvalue weighted by molar-refractivity contribution is 7.98. The number of methoxy groups -OCH3 is 2. The van der Waals surface area contributed by atoms with Crippen LogP contribution in [0.3, 0.4) is 0 Å². The number of ketones is 1. The normalized spacial score (nSPS) is 12.1. The van der Waals surface area contributed by atoms with E-state index in [9.17, 15) is 4.79 Å². The zero-order chi connectivity index (χ0) is 13.0. The van der Waals surface area contributed by atoms with E-state index in [-0.39, 0.29) is 5.78 Å². The summed E-state index contributed by atoms with van der Waals surface area (Å²) >= 11 is 1.55. The first kappa shape index (κ1) is 13.9. The number of Topliss-reactive ketones (excluding diaryl/α,β-unsaturated/α-hetero) is 1. The summed E-state index contributed by atoms with van der Waals surface area (Å²) in [6.07, 6.45) is 1.95. The van der Waals surface area contributed by atoms with Crippen molar-refractivity contribution in [3.05, 3.63) is 17.7 Å². The fourth-order valence-corrected chi connectivity index (χ4v) is 2.08. The standard InChI is InChI=1S/C12H17NO3S/c1-7(14)12(13)8-5-10(16-3)11(17-4)6-9(8)15-2/h5-6,12H,13H2,1-4H3. The maximum Gasteiger partial charge on any atom is 0.151 e. The van der Waals surface area contributed by atoms with E-state index in [2.05, 4.69) is 0 Å². The zero-order valence-corrected chi connectivity index (χ0v) is 11.3. The van der Waals surface area contributed by atoms with Gasteiger partial charge < -0.3 is 15.2 Å². The van der Waals surface area contributed by atoms with Crippen LogP contribution in [-0.4, -0.2) is 26.3 Å². The lowest BCUT2D eigenvalue weighted by molar-refractivity contribution is -0.118. The largest absolute Gasteiger partial charge is 0.496 e. The molecule has 0 aliphatic carbocycles. The van der Waals surface area contributed by atoms with Crippen molar-refractivity contribution in [2.45, 2.75) is 17.9 Å². The molecule has 0 heterocycles. The van der Waals surface area contributed by atoms with Crippen LogP contribution >= 0.6 is 11.8 Å². The van der Waals surface area contributed by atoms with E-state index in [0.29, 0.717) is 17.1 Å². The molecule has 0 saturated heterocycles. The van der Waals surface area contributed by atoms with E-state index in [1.807, 2.05) is 12.3 Å². The number of carbonyl (C=O) groups is 1. The number of ether oxygens (including phenoxy) is 2. The highest BCUT2D eigenvalue weighted by Gasteiger charge is 2.19. The van der Waals surface area contributed by atoms with Gasteiger partial charge in [0.05, 0.1) is 25.2 Å². The summed E-state index contributed by atoms with van der Waals surface area (Å²) in [6.45, 7) is 1.46. The van der Waals surface area contributed by atoms with Gasteiger partial charge in [-0.2, -0.15) is 0 Å². The molecule has 0 amide bonds. The molecule has 1 aromatic rings. The van der Waals surface area contributed by atoms with Crippen LogP contribution in [0.2, 0.25) is 0 Å². The smallest absolute Gasteiger partial charge is 0.151 e. The molecular weight excluding hydrogens is 238 g/mol. The first-order valence-corrected chi connectivity index (χ1v) is 6.33. The third-order valence-corrected chi connectivity index (χ3v) is 3.27. The Labute approximate surface area is 105 Å².